The summed E-state index contributed by atoms with van der Waals surface area (Å²) in [5.41, 5.74) is 0. The summed E-state index contributed by atoms with van der Waals surface area (Å²) in [6, 6.07) is 0. The molecule has 1 unspecified atom stereocenters. The Morgan fingerprint density at radius 1 is 1.27 bits per heavy atom. The summed E-state index contributed by atoms with van der Waals surface area (Å²) < 4.78 is 0. The molecular formula is C11H21NO3. The average molecular weight is 215 g/mol. The Kier molecular flexibility index (Phi) is 7.68. The molecule has 0 saturated heterocycles. The minimum Gasteiger partial charge on any atom is -0.481 e. The average Bonchev–Trinajstić information content (AvgIpc) is 2.15. The second-order valence-electron chi connectivity index (χ2n) is 3.80. The van der Waals surface area contributed by atoms with Gasteiger partial charge in [0, 0.05) is 13.5 Å². The molecule has 0 aromatic carbocycles. The van der Waals surface area contributed by atoms with Crippen LogP contribution in [0.3, 0.4) is 0 Å². The van der Waals surface area contributed by atoms with Crippen molar-refractivity contribution in [3.05, 3.63) is 0 Å². The van der Waals surface area contributed by atoms with Gasteiger partial charge in [-0.3, -0.25) is 9.59 Å². The van der Waals surface area contributed by atoms with E-state index in [1.807, 2.05) is 6.92 Å². The number of aliphatic carboxylic acids is 1. The summed E-state index contributed by atoms with van der Waals surface area (Å²) in [7, 11) is 0. The van der Waals surface area contributed by atoms with E-state index in [9.17, 15) is 9.59 Å². The maximum Gasteiger partial charge on any atom is 0.306 e. The van der Waals surface area contributed by atoms with Crippen molar-refractivity contribution < 1.29 is 14.7 Å². The van der Waals surface area contributed by atoms with Gasteiger partial charge in [-0.2, -0.15) is 0 Å². The topological polar surface area (TPSA) is 66.4 Å². The fourth-order valence-corrected chi connectivity index (χ4v) is 1.52. The number of carboxylic acids is 1. The number of carbonyl (C=O) groups is 2. The first kappa shape index (κ1) is 13.9. The van der Waals surface area contributed by atoms with Gasteiger partial charge >= 0.3 is 5.97 Å². The minimum absolute atomic E-state index is 0.0293. The molecule has 4 nitrogen and oxygen atoms in total. The van der Waals surface area contributed by atoms with Gasteiger partial charge in [0.05, 0.1) is 5.92 Å². The largest absolute Gasteiger partial charge is 0.481 e. The maximum atomic E-state index is 10.8. The van der Waals surface area contributed by atoms with Gasteiger partial charge < -0.3 is 10.4 Å². The molecule has 1 atom stereocenters. The molecule has 0 fully saturated rings. The normalized spacial score (nSPS) is 12.1. The molecule has 1 amide bonds. The molecule has 0 bridgehead atoms. The first-order valence-corrected chi connectivity index (χ1v) is 5.55. The van der Waals surface area contributed by atoms with Gasteiger partial charge in [-0.05, 0) is 19.3 Å². The van der Waals surface area contributed by atoms with E-state index < -0.39 is 5.97 Å². The van der Waals surface area contributed by atoms with E-state index >= 15 is 0 Å². The maximum absolute atomic E-state index is 10.8. The molecule has 4 heteroatoms. The highest BCUT2D eigenvalue weighted by molar-refractivity contribution is 5.72. The van der Waals surface area contributed by atoms with E-state index in [2.05, 4.69) is 5.32 Å². The monoisotopic (exact) mass is 215 g/mol. The minimum atomic E-state index is -0.698. The zero-order valence-corrected chi connectivity index (χ0v) is 9.58. The summed E-state index contributed by atoms with van der Waals surface area (Å²) in [5, 5.41) is 11.6. The van der Waals surface area contributed by atoms with Crippen molar-refractivity contribution in [1.82, 2.24) is 5.32 Å². The van der Waals surface area contributed by atoms with Crippen molar-refractivity contribution in [2.75, 3.05) is 6.54 Å². The lowest BCUT2D eigenvalue weighted by Crippen LogP contribution is -2.21. The van der Waals surface area contributed by atoms with E-state index in [0.29, 0.717) is 13.0 Å². The lowest BCUT2D eigenvalue weighted by atomic mass is 9.97. The van der Waals surface area contributed by atoms with Crippen LogP contribution in [0.15, 0.2) is 0 Å². The molecule has 0 saturated carbocycles. The molecule has 0 aromatic heterocycles. The molecule has 88 valence electrons. The third-order valence-corrected chi connectivity index (χ3v) is 2.34. The zero-order chi connectivity index (χ0) is 11.7. The van der Waals surface area contributed by atoms with Gasteiger partial charge in [0.2, 0.25) is 5.91 Å². The number of hydrogen-bond donors (Lipinski definition) is 2. The fraction of sp³-hybridized carbons (Fsp3) is 0.818. The summed E-state index contributed by atoms with van der Waals surface area (Å²) in [6.07, 6.45) is 4.07. The van der Waals surface area contributed by atoms with Gasteiger partial charge in [0.1, 0.15) is 0 Å². The summed E-state index contributed by atoms with van der Waals surface area (Å²) in [4.78, 5) is 21.3. The molecule has 0 aliphatic heterocycles. The second kappa shape index (κ2) is 8.26. The third-order valence-electron chi connectivity index (χ3n) is 2.34. The van der Waals surface area contributed by atoms with Gasteiger partial charge in [0.15, 0.2) is 0 Å². The Balaban J connectivity index is 3.53. The first-order valence-electron chi connectivity index (χ1n) is 5.55. The third kappa shape index (κ3) is 7.97. The molecule has 15 heavy (non-hydrogen) atoms. The van der Waals surface area contributed by atoms with Crippen molar-refractivity contribution in [1.29, 1.82) is 0 Å². The Bertz CT molecular complexity index is 204. The Morgan fingerprint density at radius 2 is 1.93 bits per heavy atom. The molecule has 0 aliphatic rings. The van der Waals surface area contributed by atoms with Crippen LogP contribution < -0.4 is 5.32 Å². The summed E-state index contributed by atoms with van der Waals surface area (Å²) >= 11 is 0. The van der Waals surface area contributed by atoms with Crippen molar-refractivity contribution in [2.24, 2.45) is 5.92 Å². The molecule has 0 radical (unpaired) electrons. The van der Waals surface area contributed by atoms with Crippen molar-refractivity contribution >= 4 is 11.9 Å². The fourth-order valence-electron chi connectivity index (χ4n) is 1.52. The Labute approximate surface area is 91.1 Å². The van der Waals surface area contributed by atoms with Crippen molar-refractivity contribution in [2.45, 2.75) is 46.0 Å². The van der Waals surface area contributed by atoms with Crippen molar-refractivity contribution in [3.63, 3.8) is 0 Å². The Morgan fingerprint density at radius 3 is 2.40 bits per heavy atom. The molecule has 2 N–H and O–H groups in total. The second-order valence-corrected chi connectivity index (χ2v) is 3.80. The van der Waals surface area contributed by atoms with Crippen LogP contribution in [0.2, 0.25) is 0 Å². The van der Waals surface area contributed by atoms with Gasteiger partial charge in [-0.25, -0.2) is 0 Å². The predicted molar refractivity (Wildman–Crippen MR) is 58.6 cm³/mol. The summed E-state index contributed by atoms with van der Waals surface area (Å²) in [5.74, 6) is -0.943. The number of unbranched alkanes of at least 4 members (excludes halogenated alkanes) is 1. The zero-order valence-electron chi connectivity index (χ0n) is 9.58. The van der Waals surface area contributed by atoms with Crippen LogP contribution in [0, 0.1) is 5.92 Å². The number of hydrogen-bond acceptors (Lipinski definition) is 2. The van der Waals surface area contributed by atoms with Crippen LogP contribution >= 0.6 is 0 Å². The van der Waals surface area contributed by atoms with Crippen LogP contribution in [0.5, 0.6) is 0 Å². The lowest BCUT2D eigenvalue weighted by Gasteiger charge is -2.10. The van der Waals surface area contributed by atoms with E-state index in [4.69, 9.17) is 5.11 Å². The highest BCUT2D eigenvalue weighted by Gasteiger charge is 2.15. The SMILES string of the molecule is CCCC(CCCCNC(C)=O)C(=O)O. The number of amides is 1. The smallest absolute Gasteiger partial charge is 0.306 e. The number of carboxylic acid groups (broad SMARTS) is 1. The highest BCUT2D eigenvalue weighted by Crippen LogP contribution is 2.14. The van der Waals surface area contributed by atoms with E-state index in [1.54, 1.807) is 0 Å². The standard InChI is InChI=1S/C11H21NO3/c1-3-6-10(11(14)15)7-4-5-8-12-9(2)13/h10H,3-8H2,1-2H3,(H,12,13)(H,14,15). The Hall–Kier alpha value is -1.06. The molecule has 0 heterocycles. The van der Waals surface area contributed by atoms with Crippen LogP contribution in [0.4, 0.5) is 0 Å². The van der Waals surface area contributed by atoms with Crippen LogP contribution in [0.1, 0.15) is 46.0 Å². The lowest BCUT2D eigenvalue weighted by molar-refractivity contribution is -0.142. The highest BCUT2D eigenvalue weighted by atomic mass is 16.4. The van der Waals surface area contributed by atoms with Crippen LogP contribution in [-0.4, -0.2) is 23.5 Å². The van der Waals surface area contributed by atoms with Crippen molar-refractivity contribution in [3.8, 4) is 0 Å². The number of rotatable bonds is 8. The number of nitrogens with one attached hydrogen (secondary N) is 1. The van der Waals surface area contributed by atoms with Gasteiger partial charge in [-0.1, -0.05) is 19.8 Å². The first-order chi connectivity index (χ1) is 7.07. The predicted octanol–water partition coefficient (Wildman–Crippen LogP) is 1.79. The molecule has 0 aliphatic carbocycles. The summed E-state index contributed by atoms with van der Waals surface area (Å²) in [6.45, 7) is 4.12. The van der Waals surface area contributed by atoms with Crippen LogP contribution in [0.25, 0.3) is 0 Å². The van der Waals surface area contributed by atoms with E-state index in [0.717, 1.165) is 25.7 Å². The van der Waals surface area contributed by atoms with Crippen LogP contribution in [-0.2, 0) is 9.59 Å². The molecular weight excluding hydrogens is 194 g/mol. The molecule has 0 rings (SSSR count). The molecule has 0 spiro atoms. The van der Waals surface area contributed by atoms with Gasteiger partial charge in [-0.15, -0.1) is 0 Å². The van der Waals surface area contributed by atoms with E-state index in [1.165, 1.54) is 6.92 Å². The quantitative estimate of drug-likeness (QED) is 0.607. The van der Waals surface area contributed by atoms with E-state index in [-0.39, 0.29) is 11.8 Å². The number of carbonyl (C=O) groups excluding carboxylic acids is 1. The van der Waals surface area contributed by atoms with Gasteiger partial charge in [0.25, 0.3) is 0 Å². The molecule has 0 aromatic rings.